The van der Waals surface area contributed by atoms with Gasteiger partial charge in [0.1, 0.15) is 11.8 Å². The Balaban J connectivity index is 2.72. The molecular formula is C14H15N3. The molecule has 0 radical (unpaired) electrons. The van der Waals surface area contributed by atoms with Gasteiger partial charge in [0.05, 0.1) is 0 Å². The first kappa shape index (κ1) is 11.3. The Kier molecular flexibility index (Phi) is 2.64. The van der Waals surface area contributed by atoms with Crippen molar-refractivity contribution >= 4 is 0 Å². The molecular weight excluding hydrogens is 210 g/mol. The van der Waals surface area contributed by atoms with E-state index in [2.05, 4.69) is 6.07 Å². The van der Waals surface area contributed by atoms with Gasteiger partial charge < -0.3 is 5.84 Å². The molecule has 2 aromatic rings. The van der Waals surface area contributed by atoms with Crippen molar-refractivity contribution in [1.82, 2.24) is 4.68 Å². The van der Waals surface area contributed by atoms with E-state index in [9.17, 15) is 5.26 Å². The maximum atomic E-state index is 9.20. The Morgan fingerprint density at radius 1 is 1.12 bits per heavy atom. The number of nitrogens with zero attached hydrogens (tertiary/aromatic N) is 2. The predicted molar refractivity (Wildman–Crippen MR) is 68.9 cm³/mol. The third-order valence-corrected chi connectivity index (χ3v) is 3.20. The van der Waals surface area contributed by atoms with Gasteiger partial charge in [0.25, 0.3) is 0 Å². The monoisotopic (exact) mass is 225 g/mol. The van der Waals surface area contributed by atoms with Crippen molar-refractivity contribution in [2.24, 2.45) is 0 Å². The molecule has 0 spiro atoms. The number of nitrogen functional groups attached to an aromatic ring is 1. The molecule has 17 heavy (non-hydrogen) atoms. The minimum Gasteiger partial charge on any atom is -0.338 e. The second-order valence-corrected chi connectivity index (χ2v) is 4.28. The zero-order chi connectivity index (χ0) is 12.6. The zero-order valence-electron chi connectivity index (χ0n) is 10.3. The number of nitrogens with two attached hydrogens (primary N) is 1. The van der Waals surface area contributed by atoms with Crippen molar-refractivity contribution in [2.75, 3.05) is 5.84 Å². The van der Waals surface area contributed by atoms with E-state index in [1.165, 1.54) is 10.2 Å². The molecule has 0 saturated carbocycles. The van der Waals surface area contributed by atoms with Crippen LogP contribution in [0.15, 0.2) is 24.3 Å². The first-order valence-corrected chi connectivity index (χ1v) is 5.50. The van der Waals surface area contributed by atoms with Crippen LogP contribution in [0.4, 0.5) is 0 Å². The minimum atomic E-state index is 0.517. The summed E-state index contributed by atoms with van der Waals surface area (Å²) in [5.41, 5.74) is 5.69. The Morgan fingerprint density at radius 3 is 2.24 bits per heavy atom. The van der Waals surface area contributed by atoms with Gasteiger partial charge in [-0.1, -0.05) is 29.8 Å². The lowest BCUT2D eigenvalue weighted by Gasteiger charge is -2.02. The molecule has 86 valence electrons. The van der Waals surface area contributed by atoms with Gasteiger partial charge >= 0.3 is 0 Å². The van der Waals surface area contributed by atoms with Crippen LogP contribution in [0.1, 0.15) is 22.5 Å². The second kappa shape index (κ2) is 3.99. The standard InChI is InChI=1S/C14H15N3/c1-9-4-6-12(7-5-9)14-10(2)11(3)17(16)13(14)8-15/h4-7H,16H2,1-3H3. The Hall–Kier alpha value is -2.21. The topological polar surface area (TPSA) is 54.7 Å². The highest BCUT2D eigenvalue weighted by Crippen LogP contribution is 2.30. The van der Waals surface area contributed by atoms with Crippen LogP contribution in [0.3, 0.4) is 0 Å². The van der Waals surface area contributed by atoms with Crippen molar-refractivity contribution in [3.63, 3.8) is 0 Å². The van der Waals surface area contributed by atoms with Gasteiger partial charge in [-0.25, -0.2) is 0 Å². The van der Waals surface area contributed by atoms with Gasteiger partial charge in [0, 0.05) is 11.3 Å². The summed E-state index contributed by atoms with van der Waals surface area (Å²) < 4.78 is 1.46. The summed E-state index contributed by atoms with van der Waals surface area (Å²) in [5.74, 6) is 5.88. The van der Waals surface area contributed by atoms with Crippen LogP contribution in [0.2, 0.25) is 0 Å². The van der Waals surface area contributed by atoms with Gasteiger partial charge in [-0.15, -0.1) is 0 Å². The fourth-order valence-corrected chi connectivity index (χ4v) is 2.01. The highest BCUT2D eigenvalue weighted by Gasteiger charge is 2.17. The number of hydrogen-bond acceptors (Lipinski definition) is 2. The Labute approximate surface area is 101 Å². The summed E-state index contributed by atoms with van der Waals surface area (Å²) in [6.45, 7) is 5.96. The van der Waals surface area contributed by atoms with Gasteiger partial charge in [-0.05, 0) is 31.9 Å². The van der Waals surface area contributed by atoms with E-state index >= 15 is 0 Å². The lowest BCUT2D eigenvalue weighted by atomic mass is 10.0. The number of nitriles is 1. The number of aryl methyl sites for hydroxylation is 1. The summed E-state index contributed by atoms with van der Waals surface area (Å²) >= 11 is 0. The van der Waals surface area contributed by atoms with E-state index in [1.807, 2.05) is 45.0 Å². The van der Waals surface area contributed by atoms with Crippen molar-refractivity contribution < 1.29 is 0 Å². The molecule has 0 atom stereocenters. The fraction of sp³-hybridized carbons (Fsp3) is 0.214. The maximum Gasteiger partial charge on any atom is 0.147 e. The molecule has 2 N–H and O–H groups in total. The largest absolute Gasteiger partial charge is 0.338 e. The third kappa shape index (κ3) is 1.68. The normalized spacial score (nSPS) is 10.2. The quantitative estimate of drug-likeness (QED) is 0.758. The smallest absolute Gasteiger partial charge is 0.147 e. The average Bonchev–Trinajstić information content (AvgIpc) is 2.54. The first-order chi connectivity index (χ1) is 8.06. The van der Waals surface area contributed by atoms with Crippen LogP contribution in [-0.4, -0.2) is 4.68 Å². The number of hydrogen-bond donors (Lipinski definition) is 1. The third-order valence-electron chi connectivity index (χ3n) is 3.20. The zero-order valence-corrected chi connectivity index (χ0v) is 10.3. The average molecular weight is 225 g/mol. The number of rotatable bonds is 1. The maximum absolute atomic E-state index is 9.20. The predicted octanol–water partition coefficient (Wildman–Crippen LogP) is 2.67. The number of aromatic nitrogens is 1. The molecule has 0 fully saturated rings. The Morgan fingerprint density at radius 2 is 1.71 bits per heavy atom. The van der Waals surface area contributed by atoms with Gasteiger partial charge in [-0.3, -0.25) is 4.68 Å². The van der Waals surface area contributed by atoms with Gasteiger partial charge in [-0.2, -0.15) is 5.26 Å². The van der Waals surface area contributed by atoms with Crippen LogP contribution in [0.5, 0.6) is 0 Å². The molecule has 0 amide bonds. The van der Waals surface area contributed by atoms with E-state index in [-0.39, 0.29) is 0 Å². The summed E-state index contributed by atoms with van der Waals surface area (Å²) in [6.07, 6.45) is 0. The van der Waals surface area contributed by atoms with E-state index in [1.54, 1.807) is 0 Å². The first-order valence-electron chi connectivity index (χ1n) is 5.50. The van der Waals surface area contributed by atoms with Crippen LogP contribution >= 0.6 is 0 Å². The van der Waals surface area contributed by atoms with Gasteiger partial charge in [0.2, 0.25) is 0 Å². The molecule has 3 nitrogen and oxygen atoms in total. The molecule has 0 unspecified atom stereocenters. The van der Waals surface area contributed by atoms with Crippen LogP contribution in [0, 0.1) is 32.1 Å². The lowest BCUT2D eigenvalue weighted by molar-refractivity contribution is 0.936. The lowest BCUT2D eigenvalue weighted by Crippen LogP contribution is -2.12. The van der Waals surface area contributed by atoms with Crippen LogP contribution in [-0.2, 0) is 0 Å². The van der Waals surface area contributed by atoms with Crippen molar-refractivity contribution in [3.8, 4) is 17.2 Å². The molecule has 0 aliphatic carbocycles. The summed E-state index contributed by atoms with van der Waals surface area (Å²) in [4.78, 5) is 0. The number of benzene rings is 1. The minimum absolute atomic E-state index is 0.517. The molecule has 2 rings (SSSR count). The van der Waals surface area contributed by atoms with E-state index < -0.39 is 0 Å². The second-order valence-electron chi connectivity index (χ2n) is 4.28. The van der Waals surface area contributed by atoms with E-state index in [0.29, 0.717) is 5.69 Å². The highest BCUT2D eigenvalue weighted by atomic mass is 15.3. The van der Waals surface area contributed by atoms with Crippen LogP contribution < -0.4 is 5.84 Å². The Bertz CT molecular complexity index is 598. The summed E-state index contributed by atoms with van der Waals surface area (Å²) in [7, 11) is 0. The van der Waals surface area contributed by atoms with E-state index in [4.69, 9.17) is 5.84 Å². The molecule has 1 aromatic heterocycles. The van der Waals surface area contributed by atoms with Crippen molar-refractivity contribution in [1.29, 1.82) is 5.26 Å². The molecule has 0 saturated heterocycles. The van der Waals surface area contributed by atoms with Gasteiger partial charge in [0.15, 0.2) is 0 Å². The molecule has 0 bridgehead atoms. The highest BCUT2D eigenvalue weighted by molar-refractivity contribution is 5.74. The van der Waals surface area contributed by atoms with Crippen molar-refractivity contribution in [3.05, 3.63) is 46.8 Å². The summed E-state index contributed by atoms with van der Waals surface area (Å²) in [6, 6.07) is 10.3. The molecule has 3 heteroatoms. The molecule has 0 aliphatic heterocycles. The van der Waals surface area contributed by atoms with Crippen molar-refractivity contribution in [2.45, 2.75) is 20.8 Å². The molecule has 1 heterocycles. The molecule has 0 aliphatic rings. The van der Waals surface area contributed by atoms with E-state index in [0.717, 1.165) is 22.4 Å². The fourth-order valence-electron chi connectivity index (χ4n) is 2.01. The SMILES string of the molecule is Cc1ccc(-c2c(C)c(C)n(N)c2C#N)cc1. The van der Waals surface area contributed by atoms with Crippen LogP contribution in [0.25, 0.3) is 11.1 Å². The summed E-state index contributed by atoms with van der Waals surface area (Å²) in [5, 5.41) is 9.20. The molecule has 1 aromatic carbocycles.